The molecule has 22 heavy (non-hydrogen) atoms. The summed E-state index contributed by atoms with van der Waals surface area (Å²) in [6, 6.07) is 9.09. The average Bonchev–Trinajstić information content (AvgIpc) is 2.91. The Morgan fingerprint density at radius 1 is 1.23 bits per heavy atom. The zero-order valence-corrected chi connectivity index (χ0v) is 14.6. The molecule has 2 aromatic heterocycles. The second kappa shape index (κ2) is 5.98. The number of fused-ring (bicyclic) bond motifs is 1. The van der Waals surface area contributed by atoms with Gasteiger partial charge in [0.1, 0.15) is 16.2 Å². The Balaban J connectivity index is 2.10. The highest BCUT2D eigenvalue weighted by Crippen LogP contribution is 2.37. The number of nitrogens with zero attached hydrogens (tertiary/aromatic N) is 2. The molecule has 0 atom stereocenters. The first-order valence-electron chi connectivity index (χ1n) is 6.69. The molecule has 1 aromatic carbocycles. The molecule has 0 N–H and O–H groups in total. The normalized spacial score (nSPS) is 11.9. The number of sulfone groups is 1. The molecule has 0 aliphatic rings. The van der Waals surface area contributed by atoms with Crippen molar-refractivity contribution < 1.29 is 8.42 Å². The summed E-state index contributed by atoms with van der Waals surface area (Å²) in [4.78, 5) is 11.8. The highest BCUT2D eigenvalue weighted by atomic mass is 32.2. The van der Waals surface area contributed by atoms with Crippen LogP contribution in [0.3, 0.4) is 0 Å². The minimum atomic E-state index is -3.27. The lowest BCUT2D eigenvalue weighted by Gasteiger charge is -2.07. The minimum Gasteiger partial charge on any atom is -0.229 e. The fraction of sp³-hybridized carbons (Fsp3) is 0.200. The number of aromatic nitrogens is 2. The molecule has 0 saturated heterocycles. The van der Waals surface area contributed by atoms with Crippen LogP contribution in [0.5, 0.6) is 0 Å². The van der Waals surface area contributed by atoms with E-state index in [9.17, 15) is 8.42 Å². The van der Waals surface area contributed by atoms with Gasteiger partial charge in [0.25, 0.3) is 0 Å². The number of aryl methyl sites for hydroxylation is 1. The van der Waals surface area contributed by atoms with Crippen LogP contribution in [0.25, 0.3) is 10.2 Å². The van der Waals surface area contributed by atoms with Crippen LogP contribution in [-0.2, 0) is 16.3 Å². The second-order valence-corrected chi connectivity index (χ2v) is 8.91. The fourth-order valence-corrected chi connectivity index (χ4v) is 5.31. The van der Waals surface area contributed by atoms with Gasteiger partial charge < -0.3 is 0 Å². The first-order chi connectivity index (χ1) is 10.5. The van der Waals surface area contributed by atoms with Gasteiger partial charge in [0, 0.05) is 21.4 Å². The molecule has 0 radical (unpaired) electrons. The standard InChI is InChI=1S/C15H14N2O2S3/c1-3-10-8-11-14(20-10)16-9-17-15(11)21-12-6-4-5-7-13(12)22(2,18)19/h4-9H,3H2,1-2H3. The van der Waals surface area contributed by atoms with Crippen LogP contribution in [0.15, 0.2) is 51.5 Å². The Labute approximate surface area is 137 Å². The van der Waals surface area contributed by atoms with Gasteiger partial charge in [-0.2, -0.15) is 0 Å². The molecule has 4 nitrogen and oxygen atoms in total. The van der Waals surface area contributed by atoms with Crippen molar-refractivity contribution in [1.29, 1.82) is 0 Å². The van der Waals surface area contributed by atoms with Gasteiger partial charge in [0.2, 0.25) is 0 Å². The Bertz CT molecular complexity index is 933. The predicted octanol–water partition coefficient (Wildman–Crippen LogP) is 3.81. The van der Waals surface area contributed by atoms with E-state index in [1.165, 1.54) is 29.2 Å². The van der Waals surface area contributed by atoms with Crippen LogP contribution < -0.4 is 0 Å². The highest BCUT2D eigenvalue weighted by Gasteiger charge is 2.16. The number of thiophene rings is 1. The molecular formula is C15H14N2O2S3. The van der Waals surface area contributed by atoms with Crippen LogP contribution >= 0.6 is 23.1 Å². The molecule has 114 valence electrons. The Hall–Kier alpha value is -1.44. The van der Waals surface area contributed by atoms with E-state index in [1.54, 1.807) is 23.5 Å². The summed E-state index contributed by atoms with van der Waals surface area (Å²) in [5.74, 6) is 0. The Kier molecular flexibility index (Phi) is 4.20. The molecule has 3 rings (SSSR count). The van der Waals surface area contributed by atoms with Crippen molar-refractivity contribution in [3.05, 3.63) is 41.5 Å². The summed E-state index contributed by atoms with van der Waals surface area (Å²) in [6.07, 6.45) is 3.70. The number of hydrogen-bond donors (Lipinski definition) is 0. The molecule has 0 bridgehead atoms. The van der Waals surface area contributed by atoms with Gasteiger partial charge in [0.05, 0.1) is 4.90 Å². The van der Waals surface area contributed by atoms with E-state index in [1.807, 2.05) is 12.1 Å². The SMILES string of the molecule is CCc1cc2c(Sc3ccccc3S(C)(=O)=O)ncnc2s1. The van der Waals surface area contributed by atoms with Gasteiger partial charge in [-0.25, -0.2) is 18.4 Å². The third-order valence-electron chi connectivity index (χ3n) is 3.15. The topological polar surface area (TPSA) is 59.9 Å². The number of rotatable bonds is 4. The fourth-order valence-electron chi connectivity index (χ4n) is 2.08. The molecule has 7 heteroatoms. The molecule has 0 spiro atoms. The molecule has 0 fully saturated rings. The van der Waals surface area contributed by atoms with Crippen molar-refractivity contribution in [1.82, 2.24) is 9.97 Å². The zero-order valence-electron chi connectivity index (χ0n) is 12.1. The van der Waals surface area contributed by atoms with Gasteiger partial charge in [-0.3, -0.25) is 0 Å². The second-order valence-electron chi connectivity index (χ2n) is 4.78. The van der Waals surface area contributed by atoms with Gasteiger partial charge in [-0.15, -0.1) is 11.3 Å². The zero-order chi connectivity index (χ0) is 15.7. The van der Waals surface area contributed by atoms with Gasteiger partial charge in [-0.1, -0.05) is 30.8 Å². The average molecular weight is 350 g/mol. The van der Waals surface area contributed by atoms with Crippen molar-refractivity contribution in [3.8, 4) is 0 Å². The maximum atomic E-state index is 11.9. The summed E-state index contributed by atoms with van der Waals surface area (Å²) in [5.41, 5.74) is 0. The van der Waals surface area contributed by atoms with E-state index in [-0.39, 0.29) is 0 Å². The summed E-state index contributed by atoms with van der Waals surface area (Å²) >= 11 is 3.02. The lowest BCUT2D eigenvalue weighted by molar-refractivity contribution is 0.600. The molecule has 0 saturated carbocycles. The first-order valence-corrected chi connectivity index (χ1v) is 10.2. The van der Waals surface area contributed by atoms with Crippen molar-refractivity contribution in [2.75, 3.05) is 6.26 Å². The lowest BCUT2D eigenvalue weighted by Crippen LogP contribution is -1.99. The molecule has 0 aliphatic heterocycles. The van der Waals surface area contributed by atoms with Crippen LogP contribution in [0.1, 0.15) is 11.8 Å². The van der Waals surface area contributed by atoms with Crippen LogP contribution in [0.2, 0.25) is 0 Å². The Morgan fingerprint density at radius 3 is 2.73 bits per heavy atom. The number of benzene rings is 1. The molecular weight excluding hydrogens is 336 g/mol. The van der Waals surface area contributed by atoms with E-state index >= 15 is 0 Å². The monoisotopic (exact) mass is 350 g/mol. The van der Waals surface area contributed by atoms with Gasteiger partial charge in [0.15, 0.2) is 9.84 Å². The summed E-state index contributed by atoms with van der Waals surface area (Å²) < 4.78 is 23.8. The molecule has 2 heterocycles. The minimum absolute atomic E-state index is 0.331. The van der Waals surface area contributed by atoms with Crippen molar-refractivity contribution in [2.45, 2.75) is 28.2 Å². The van der Waals surface area contributed by atoms with Crippen LogP contribution in [0.4, 0.5) is 0 Å². The van der Waals surface area contributed by atoms with Gasteiger partial charge >= 0.3 is 0 Å². The smallest absolute Gasteiger partial charge is 0.176 e. The van der Waals surface area contributed by atoms with Crippen LogP contribution in [-0.4, -0.2) is 24.6 Å². The van der Waals surface area contributed by atoms with E-state index < -0.39 is 9.84 Å². The largest absolute Gasteiger partial charge is 0.229 e. The quantitative estimate of drug-likeness (QED) is 0.670. The first kappa shape index (κ1) is 15.5. The third-order valence-corrected chi connectivity index (χ3v) is 6.71. The maximum absolute atomic E-state index is 11.9. The van der Waals surface area contributed by atoms with E-state index in [0.717, 1.165) is 21.7 Å². The number of hydrogen-bond acceptors (Lipinski definition) is 6. The van der Waals surface area contributed by atoms with Crippen molar-refractivity contribution >= 4 is 43.2 Å². The van der Waals surface area contributed by atoms with Crippen molar-refractivity contribution in [2.24, 2.45) is 0 Å². The third kappa shape index (κ3) is 3.02. The van der Waals surface area contributed by atoms with Crippen molar-refractivity contribution in [3.63, 3.8) is 0 Å². The molecule has 0 amide bonds. The van der Waals surface area contributed by atoms with E-state index in [2.05, 4.69) is 23.0 Å². The van der Waals surface area contributed by atoms with E-state index in [4.69, 9.17) is 0 Å². The molecule has 0 aliphatic carbocycles. The Morgan fingerprint density at radius 2 is 2.00 bits per heavy atom. The summed E-state index contributed by atoms with van der Waals surface area (Å²) in [7, 11) is -3.27. The summed E-state index contributed by atoms with van der Waals surface area (Å²) in [6.45, 7) is 2.10. The summed E-state index contributed by atoms with van der Waals surface area (Å²) in [5, 5.41) is 1.77. The highest BCUT2D eigenvalue weighted by molar-refractivity contribution is 8.00. The molecule has 3 aromatic rings. The maximum Gasteiger partial charge on any atom is 0.176 e. The van der Waals surface area contributed by atoms with Crippen LogP contribution in [0, 0.1) is 0 Å². The molecule has 0 unspecified atom stereocenters. The lowest BCUT2D eigenvalue weighted by atomic mass is 10.3. The van der Waals surface area contributed by atoms with Gasteiger partial charge in [-0.05, 0) is 24.6 Å². The predicted molar refractivity (Wildman–Crippen MR) is 90.5 cm³/mol. The van der Waals surface area contributed by atoms with E-state index in [0.29, 0.717) is 9.79 Å².